The van der Waals surface area contributed by atoms with E-state index in [1.165, 1.54) is 16.7 Å². The summed E-state index contributed by atoms with van der Waals surface area (Å²) in [4.78, 5) is 10.2. The molecule has 0 bridgehead atoms. The SMILES string of the molecule is CC(C)(C)c1cc(-c2[c-]c(-c3cc(-c4ccccc4)ccn3)c(C(C)(C)C)cc2C(C)(C)C)c2nc(-c3ccccc3O)sc2c1.[Pt]. The second-order valence-corrected chi connectivity index (χ2v) is 16.3. The van der Waals surface area contributed by atoms with Crippen molar-refractivity contribution in [3.8, 4) is 49.8 Å². The summed E-state index contributed by atoms with van der Waals surface area (Å²) in [6, 6.07) is 33.2. The maximum atomic E-state index is 10.7. The van der Waals surface area contributed by atoms with Gasteiger partial charge in [0.1, 0.15) is 10.8 Å². The van der Waals surface area contributed by atoms with E-state index in [4.69, 9.17) is 9.97 Å². The fraction of sp³-hybridized carbons (Fsp3) is 0.286. The molecule has 4 aromatic carbocycles. The largest absolute Gasteiger partial charge is 0.507 e. The van der Waals surface area contributed by atoms with Gasteiger partial charge in [-0.1, -0.05) is 128 Å². The average molecular weight is 819 g/mol. The third kappa shape index (κ3) is 7.01. The molecule has 0 spiro atoms. The Labute approximate surface area is 298 Å². The summed E-state index contributed by atoms with van der Waals surface area (Å²) < 4.78 is 1.10. The Balaban J connectivity index is 0.00000433. The van der Waals surface area contributed by atoms with Crippen LogP contribution in [0.5, 0.6) is 5.75 Å². The number of para-hydroxylation sites is 1. The van der Waals surface area contributed by atoms with E-state index in [-0.39, 0.29) is 43.1 Å². The number of hydrogen-bond donors (Lipinski definition) is 1. The van der Waals surface area contributed by atoms with Crippen LogP contribution in [-0.4, -0.2) is 15.1 Å². The van der Waals surface area contributed by atoms with Crippen LogP contribution >= 0.6 is 11.3 Å². The van der Waals surface area contributed by atoms with E-state index in [1.54, 1.807) is 17.4 Å². The van der Waals surface area contributed by atoms with Gasteiger partial charge in [0.25, 0.3) is 0 Å². The van der Waals surface area contributed by atoms with Gasteiger partial charge in [0.2, 0.25) is 0 Å². The van der Waals surface area contributed by atoms with Gasteiger partial charge < -0.3 is 5.11 Å². The number of rotatable bonds is 4. The fourth-order valence-corrected chi connectivity index (χ4v) is 7.01. The van der Waals surface area contributed by atoms with Crippen LogP contribution in [0.1, 0.15) is 79.0 Å². The molecular weight excluding hydrogens is 776 g/mol. The predicted octanol–water partition coefficient (Wildman–Crippen LogP) is 11.8. The standard InChI is InChI=1S/C42H43N2OS.Pt/c1-40(2,3)28-22-31(38-37(23-28)46-39(44-38)29-17-13-14-18-36(29)45)30-24-32(34(42(7,8)9)25-33(30)41(4,5)6)35-21-27(19-20-43-35)26-15-11-10-12-16-26;/h10-23,25,45H,1-9H3;/q-1;. The summed E-state index contributed by atoms with van der Waals surface area (Å²) in [7, 11) is 0. The van der Waals surface area contributed by atoms with Gasteiger partial charge in [-0.3, -0.25) is 4.98 Å². The fourth-order valence-electron chi connectivity index (χ4n) is 5.95. The van der Waals surface area contributed by atoms with E-state index in [0.717, 1.165) is 54.3 Å². The number of phenolic OH excluding ortho intramolecular Hbond substituents is 1. The quantitative estimate of drug-likeness (QED) is 0.180. The monoisotopic (exact) mass is 818 g/mol. The Hall–Kier alpha value is -3.59. The van der Waals surface area contributed by atoms with Crippen LogP contribution in [0.3, 0.4) is 0 Å². The molecule has 5 heteroatoms. The molecule has 1 N–H and O–H groups in total. The summed E-state index contributed by atoms with van der Waals surface area (Å²) in [5.41, 5.74) is 11.3. The summed E-state index contributed by atoms with van der Waals surface area (Å²) >= 11 is 1.63. The number of fused-ring (bicyclic) bond motifs is 1. The number of thiazole rings is 1. The molecule has 6 rings (SSSR count). The molecule has 0 atom stereocenters. The Morgan fingerprint density at radius 1 is 0.638 bits per heavy atom. The third-order valence-electron chi connectivity index (χ3n) is 8.58. The van der Waals surface area contributed by atoms with Gasteiger partial charge in [-0.15, -0.1) is 40.2 Å². The van der Waals surface area contributed by atoms with Gasteiger partial charge in [0.05, 0.1) is 11.1 Å². The number of benzene rings is 4. The average Bonchev–Trinajstić information content (AvgIpc) is 3.43. The Kier molecular flexibility index (Phi) is 9.45. The van der Waals surface area contributed by atoms with Gasteiger partial charge in [0, 0.05) is 37.7 Å². The van der Waals surface area contributed by atoms with Crippen LogP contribution in [0.2, 0.25) is 0 Å². The molecule has 0 radical (unpaired) electrons. The zero-order valence-electron chi connectivity index (χ0n) is 28.7. The van der Waals surface area contributed by atoms with Gasteiger partial charge in [-0.25, -0.2) is 4.98 Å². The molecule has 0 aliphatic rings. The molecule has 2 heterocycles. The first-order chi connectivity index (χ1) is 21.6. The first-order valence-corrected chi connectivity index (χ1v) is 16.8. The molecule has 0 saturated carbocycles. The topological polar surface area (TPSA) is 46.0 Å². The third-order valence-corrected chi connectivity index (χ3v) is 9.62. The molecule has 2 aromatic heterocycles. The summed E-state index contributed by atoms with van der Waals surface area (Å²) in [6.07, 6.45) is 1.91. The van der Waals surface area contributed by atoms with Crippen molar-refractivity contribution in [3.05, 3.63) is 114 Å². The molecule has 0 amide bonds. The second kappa shape index (κ2) is 12.8. The number of aromatic nitrogens is 2. The maximum Gasteiger partial charge on any atom is 0.127 e. The minimum Gasteiger partial charge on any atom is -0.507 e. The van der Waals surface area contributed by atoms with Gasteiger partial charge in [0.15, 0.2) is 0 Å². The normalized spacial score (nSPS) is 12.3. The number of hydrogen-bond acceptors (Lipinski definition) is 4. The number of pyridine rings is 1. The van der Waals surface area contributed by atoms with Crippen molar-refractivity contribution in [2.75, 3.05) is 0 Å². The predicted molar refractivity (Wildman–Crippen MR) is 196 cm³/mol. The van der Waals surface area contributed by atoms with E-state index in [9.17, 15) is 5.11 Å². The van der Waals surface area contributed by atoms with Crippen molar-refractivity contribution < 1.29 is 26.2 Å². The van der Waals surface area contributed by atoms with Crippen molar-refractivity contribution in [1.29, 1.82) is 0 Å². The Morgan fingerprint density at radius 3 is 1.91 bits per heavy atom. The van der Waals surface area contributed by atoms with E-state index in [2.05, 4.69) is 123 Å². The Bertz CT molecular complexity index is 2060. The van der Waals surface area contributed by atoms with Crippen LogP contribution in [-0.2, 0) is 37.3 Å². The number of nitrogens with zero attached hydrogens (tertiary/aromatic N) is 2. The second-order valence-electron chi connectivity index (χ2n) is 15.3. The van der Waals surface area contributed by atoms with Gasteiger partial charge >= 0.3 is 0 Å². The van der Waals surface area contributed by atoms with Crippen molar-refractivity contribution in [2.45, 2.75) is 78.6 Å². The summed E-state index contributed by atoms with van der Waals surface area (Å²) in [5.74, 6) is 0.238. The molecule has 47 heavy (non-hydrogen) atoms. The first-order valence-electron chi connectivity index (χ1n) is 16.0. The van der Waals surface area contributed by atoms with Crippen molar-refractivity contribution in [1.82, 2.24) is 9.97 Å². The van der Waals surface area contributed by atoms with E-state index in [1.807, 2.05) is 30.5 Å². The minimum absolute atomic E-state index is 0. The van der Waals surface area contributed by atoms with E-state index in [0.29, 0.717) is 0 Å². The molecular formula is C42H43N2OPtS-. The smallest absolute Gasteiger partial charge is 0.127 e. The summed E-state index contributed by atoms with van der Waals surface area (Å²) in [5, 5.41) is 11.5. The van der Waals surface area contributed by atoms with Crippen LogP contribution in [0.15, 0.2) is 91.1 Å². The molecule has 6 aromatic rings. The summed E-state index contributed by atoms with van der Waals surface area (Å²) in [6.45, 7) is 20.4. The van der Waals surface area contributed by atoms with Crippen LogP contribution in [0.4, 0.5) is 0 Å². The first kappa shape index (κ1) is 34.7. The zero-order valence-corrected chi connectivity index (χ0v) is 31.8. The molecule has 0 fully saturated rings. The van der Waals surface area contributed by atoms with E-state index < -0.39 is 0 Å². The van der Waals surface area contributed by atoms with Crippen molar-refractivity contribution >= 4 is 21.6 Å². The van der Waals surface area contributed by atoms with Gasteiger partial charge in [-0.05, 0) is 57.2 Å². The Morgan fingerprint density at radius 2 is 1.28 bits per heavy atom. The molecule has 0 saturated heterocycles. The molecule has 0 unspecified atom stereocenters. The van der Waals surface area contributed by atoms with Crippen LogP contribution < -0.4 is 0 Å². The van der Waals surface area contributed by atoms with Crippen molar-refractivity contribution in [3.63, 3.8) is 0 Å². The molecule has 244 valence electrons. The zero-order chi connectivity index (χ0) is 33.0. The molecule has 3 nitrogen and oxygen atoms in total. The number of phenols is 1. The van der Waals surface area contributed by atoms with Crippen LogP contribution in [0.25, 0.3) is 54.3 Å². The maximum absolute atomic E-state index is 10.7. The molecule has 0 aliphatic heterocycles. The van der Waals surface area contributed by atoms with E-state index >= 15 is 0 Å². The molecule has 0 aliphatic carbocycles. The van der Waals surface area contributed by atoms with Gasteiger partial charge in [-0.2, -0.15) is 0 Å². The number of aromatic hydroxyl groups is 1. The van der Waals surface area contributed by atoms with Crippen molar-refractivity contribution in [2.24, 2.45) is 0 Å². The van der Waals surface area contributed by atoms with Crippen LogP contribution in [0, 0.1) is 6.07 Å². The minimum atomic E-state index is -0.162.